The van der Waals surface area contributed by atoms with Gasteiger partial charge in [-0.3, -0.25) is 0 Å². The van der Waals surface area contributed by atoms with Crippen LogP contribution < -0.4 is 21.0 Å². The second-order valence-electron chi connectivity index (χ2n) is 9.32. The molecular formula is C37H31OP. The van der Waals surface area contributed by atoms with Crippen molar-refractivity contribution in [2.24, 2.45) is 0 Å². The second-order valence-corrected chi connectivity index (χ2v) is 12.8. The SMILES string of the molecule is [O-]c1ccccc1-c1ccccc1.c1ccc(C[P+](c2ccccc2)(c2ccccc2)c2ccccc2)cc1. The summed E-state index contributed by atoms with van der Waals surface area (Å²) in [6.45, 7) is 0. The van der Waals surface area contributed by atoms with E-state index in [0.29, 0.717) is 0 Å². The smallest absolute Gasteiger partial charge is 0.116 e. The Hall–Kier alpha value is -4.45. The molecule has 0 heterocycles. The molecule has 0 amide bonds. The number of rotatable bonds is 6. The summed E-state index contributed by atoms with van der Waals surface area (Å²) in [5, 5.41) is 15.7. The van der Waals surface area contributed by atoms with Gasteiger partial charge < -0.3 is 5.11 Å². The zero-order chi connectivity index (χ0) is 26.8. The Morgan fingerprint density at radius 3 is 1.18 bits per heavy atom. The number of hydrogen-bond donors (Lipinski definition) is 0. The van der Waals surface area contributed by atoms with Crippen molar-refractivity contribution in [3.8, 4) is 16.9 Å². The molecule has 0 aromatic heterocycles. The highest BCUT2D eigenvalue weighted by atomic mass is 31.2. The van der Waals surface area contributed by atoms with Crippen LogP contribution in [-0.2, 0) is 6.16 Å². The molecule has 0 N–H and O–H groups in total. The van der Waals surface area contributed by atoms with E-state index in [1.165, 1.54) is 21.5 Å². The summed E-state index contributed by atoms with van der Waals surface area (Å²) in [5.74, 6) is 0.0775. The van der Waals surface area contributed by atoms with Crippen LogP contribution in [0.4, 0.5) is 0 Å². The summed E-state index contributed by atoms with van der Waals surface area (Å²) in [5.41, 5.74) is 3.13. The standard InChI is InChI=1S/C25H22P.C12H10O/c1-5-13-22(14-6-1)21-26(23-15-7-2-8-16-23,24-17-9-3-10-18-24)25-19-11-4-12-20-25;13-12-9-5-4-8-11(12)10-6-2-1-3-7-10/h1-20H,21H2;1-9,13H/q+1;/p-1. The van der Waals surface area contributed by atoms with Crippen molar-refractivity contribution in [1.29, 1.82) is 0 Å². The largest absolute Gasteiger partial charge is 0.872 e. The summed E-state index contributed by atoms with van der Waals surface area (Å²) in [6.07, 6.45) is 1.03. The van der Waals surface area contributed by atoms with E-state index in [-0.39, 0.29) is 5.75 Å². The van der Waals surface area contributed by atoms with E-state index in [0.717, 1.165) is 17.3 Å². The molecule has 0 saturated carbocycles. The maximum atomic E-state index is 11.4. The van der Waals surface area contributed by atoms with Crippen molar-refractivity contribution in [3.63, 3.8) is 0 Å². The van der Waals surface area contributed by atoms with Gasteiger partial charge in [0.1, 0.15) is 23.2 Å². The van der Waals surface area contributed by atoms with E-state index in [4.69, 9.17) is 0 Å². The van der Waals surface area contributed by atoms with E-state index in [2.05, 4.69) is 121 Å². The van der Waals surface area contributed by atoms with Crippen LogP contribution in [0.25, 0.3) is 11.1 Å². The molecule has 0 unspecified atom stereocenters. The van der Waals surface area contributed by atoms with Crippen LogP contribution in [0.3, 0.4) is 0 Å². The Kier molecular flexibility index (Phi) is 8.64. The molecule has 0 fully saturated rings. The van der Waals surface area contributed by atoms with Gasteiger partial charge in [0, 0.05) is 0 Å². The van der Waals surface area contributed by atoms with Crippen molar-refractivity contribution in [3.05, 3.63) is 181 Å². The Morgan fingerprint density at radius 1 is 0.385 bits per heavy atom. The summed E-state index contributed by atoms with van der Waals surface area (Å²) >= 11 is 0. The third-order valence-corrected chi connectivity index (χ3v) is 11.2. The van der Waals surface area contributed by atoms with Crippen LogP contribution in [0.5, 0.6) is 5.75 Å². The molecule has 0 aliphatic rings. The summed E-state index contributed by atoms with van der Waals surface area (Å²) < 4.78 is 0. The highest BCUT2D eigenvalue weighted by Gasteiger charge is 2.45. The van der Waals surface area contributed by atoms with Crippen LogP contribution in [0, 0.1) is 0 Å². The number of para-hydroxylation sites is 1. The van der Waals surface area contributed by atoms with Crippen molar-refractivity contribution >= 4 is 23.2 Å². The minimum Gasteiger partial charge on any atom is -0.872 e. The van der Waals surface area contributed by atoms with Gasteiger partial charge in [-0.1, -0.05) is 140 Å². The lowest BCUT2D eigenvalue weighted by molar-refractivity contribution is -0.267. The van der Waals surface area contributed by atoms with Gasteiger partial charge in [-0.2, -0.15) is 0 Å². The molecule has 6 aromatic rings. The minimum absolute atomic E-state index is 0.0775. The minimum atomic E-state index is -1.78. The molecule has 0 aliphatic carbocycles. The van der Waals surface area contributed by atoms with Crippen molar-refractivity contribution in [1.82, 2.24) is 0 Å². The predicted octanol–water partition coefficient (Wildman–Crippen LogP) is 7.61. The van der Waals surface area contributed by atoms with Crippen LogP contribution in [0.1, 0.15) is 5.56 Å². The topological polar surface area (TPSA) is 23.1 Å². The summed E-state index contributed by atoms with van der Waals surface area (Å²) in [7, 11) is -1.78. The Labute approximate surface area is 232 Å². The molecule has 39 heavy (non-hydrogen) atoms. The van der Waals surface area contributed by atoms with Crippen LogP contribution >= 0.6 is 7.26 Å². The first kappa shape index (κ1) is 26.2. The highest BCUT2D eigenvalue weighted by Crippen LogP contribution is 2.58. The fourth-order valence-corrected chi connectivity index (χ4v) is 9.19. The molecule has 0 atom stereocenters. The maximum absolute atomic E-state index is 11.4. The monoisotopic (exact) mass is 522 g/mol. The van der Waals surface area contributed by atoms with E-state index in [1.54, 1.807) is 12.1 Å². The first-order valence-corrected chi connectivity index (χ1v) is 15.1. The van der Waals surface area contributed by atoms with Crippen molar-refractivity contribution in [2.75, 3.05) is 0 Å². The van der Waals surface area contributed by atoms with E-state index in [9.17, 15) is 5.11 Å². The molecule has 6 rings (SSSR count). The van der Waals surface area contributed by atoms with Gasteiger partial charge in [-0.05, 0) is 53.1 Å². The first-order valence-electron chi connectivity index (χ1n) is 13.2. The fourth-order valence-electron chi connectivity index (χ4n) is 4.95. The zero-order valence-corrected chi connectivity index (χ0v) is 22.7. The zero-order valence-electron chi connectivity index (χ0n) is 21.8. The van der Waals surface area contributed by atoms with Crippen LogP contribution in [0.2, 0.25) is 0 Å². The lowest BCUT2D eigenvalue weighted by Crippen LogP contribution is -2.32. The molecule has 0 spiro atoms. The van der Waals surface area contributed by atoms with E-state index >= 15 is 0 Å². The molecule has 0 radical (unpaired) electrons. The molecule has 0 saturated heterocycles. The van der Waals surface area contributed by atoms with Crippen molar-refractivity contribution < 1.29 is 5.11 Å². The average molecular weight is 523 g/mol. The third kappa shape index (κ3) is 6.17. The number of hydrogen-bond acceptors (Lipinski definition) is 1. The van der Waals surface area contributed by atoms with Gasteiger partial charge >= 0.3 is 0 Å². The first-order chi connectivity index (χ1) is 19.3. The molecule has 6 aromatic carbocycles. The number of benzene rings is 6. The molecule has 190 valence electrons. The van der Waals surface area contributed by atoms with Crippen molar-refractivity contribution in [2.45, 2.75) is 6.16 Å². The lowest BCUT2D eigenvalue weighted by Gasteiger charge is -2.27. The highest BCUT2D eigenvalue weighted by molar-refractivity contribution is 7.95. The van der Waals surface area contributed by atoms with Crippen LogP contribution in [-0.4, -0.2) is 0 Å². The Balaban J connectivity index is 0.000000198. The predicted molar refractivity (Wildman–Crippen MR) is 167 cm³/mol. The summed E-state index contributed by atoms with van der Waals surface area (Å²) in [4.78, 5) is 0. The quantitative estimate of drug-likeness (QED) is 0.207. The van der Waals surface area contributed by atoms with Gasteiger partial charge in [-0.15, -0.1) is 5.75 Å². The van der Waals surface area contributed by atoms with E-state index < -0.39 is 7.26 Å². The average Bonchev–Trinajstić information content (AvgIpc) is 3.03. The molecule has 0 aliphatic heterocycles. The van der Waals surface area contributed by atoms with Gasteiger partial charge in [0.05, 0.1) is 6.16 Å². The molecule has 2 heteroatoms. The molecular weight excluding hydrogens is 491 g/mol. The fraction of sp³-hybridized carbons (Fsp3) is 0.0270. The Bertz CT molecular complexity index is 1450. The third-order valence-electron chi connectivity index (χ3n) is 6.83. The maximum Gasteiger partial charge on any atom is 0.116 e. The lowest BCUT2D eigenvalue weighted by atomic mass is 10.1. The summed E-state index contributed by atoms with van der Waals surface area (Å²) in [6, 6.07) is 60.8. The van der Waals surface area contributed by atoms with Crippen LogP contribution in [0.15, 0.2) is 176 Å². The molecule has 0 bridgehead atoms. The van der Waals surface area contributed by atoms with Gasteiger partial charge in [0.25, 0.3) is 0 Å². The Morgan fingerprint density at radius 2 is 0.744 bits per heavy atom. The van der Waals surface area contributed by atoms with E-state index in [1.807, 2.05) is 42.5 Å². The van der Waals surface area contributed by atoms with Gasteiger partial charge in [0.15, 0.2) is 0 Å². The molecule has 1 nitrogen and oxygen atoms in total. The van der Waals surface area contributed by atoms with Gasteiger partial charge in [0.2, 0.25) is 0 Å². The normalized spacial score (nSPS) is 10.8. The second kappa shape index (κ2) is 12.9. The van der Waals surface area contributed by atoms with Gasteiger partial charge in [-0.25, -0.2) is 0 Å².